The zero-order chi connectivity index (χ0) is 7.82. The summed E-state index contributed by atoms with van der Waals surface area (Å²) in [6.45, 7) is 0. The van der Waals surface area contributed by atoms with Gasteiger partial charge in [0.05, 0.1) is 0 Å². The van der Waals surface area contributed by atoms with Gasteiger partial charge in [0.2, 0.25) is 0 Å². The highest BCUT2D eigenvalue weighted by molar-refractivity contribution is 6.30. The van der Waals surface area contributed by atoms with Crippen LogP contribution in [0.3, 0.4) is 0 Å². The second kappa shape index (κ2) is 6.04. The van der Waals surface area contributed by atoms with Crippen molar-refractivity contribution in [2.24, 2.45) is 0 Å². The molecule has 0 aliphatic heterocycles. The third-order valence-electron chi connectivity index (χ3n) is 0.733. The molecule has 0 unspecified atom stereocenters. The molecule has 1 rings (SSSR count). The highest BCUT2D eigenvalue weighted by atomic mass is 35.5. The number of nitrogens with one attached hydrogen (secondary N) is 1. The first kappa shape index (κ1) is 8.91. The highest BCUT2D eigenvalue weighted by Gasteiger charge is 1.74. The average molecular weight is 160 g/mol. The van der Waals surface area contributed by atoms with E-state index in [4.69, 9.17) is 21.7 Å². The van der Waals surface area contributed by atoms with Crippen LogP contribution in [-0.2, 0) is 0 Å². The first-order valence-corrected chi connectivity index (χ1v) is 2.89. The van der Waals surface area contributed by atoms with E-state index in [-0.39, 0.29) is 5.34 Å². The number of halogens is 1. The second-order valence-corrected chi connectivity index (χ2v) is 1.82. The lowest BCUT2D eigenvalue weighted by Gasteiger charge is -1.80. The van der Waals surface area contributed by atoms with Crippen LogP contribution < -0.4 is 5.34 Å². The van der Waals surface area contributed by atoms with Crippen molar-refractivity contribution in [3.05, 3.63) is 45.5 Å². The van der Waals surface area contributed by atoms with Crippen LogP contribution >= 0.6 is 11.6 Å². The maximum atomic E-state index is 8.12. The van der Waals surface area contributed by atoms with Crippen LogP contribution in [0.2, 0.25) is 5.02 Å². The predicted octanol–water partition coefficient (Wildman–Crippen LogP) is 0.671. The molecule has 54 valence electrons. The second-order valence-electron chi connectivity index (χ2n) is 1.38. The van der Waals surface area contributed by atoms with Crippen molar-refractivity contribution in [2.75, 3.05) is 0 Å². The van der Waals surface area contributed by atoms with Crippen molar-refractivity contribution in [3.63, 3.8) is 0 Å². The van der Waals surface area contributed by atoms with E-state index in [1.165, 1.54) is 0 Å². The fourth-order valence-electron chi connectivity index (χ4n) is 0.415. The summed E-state index contributed by atoms with van der Waals surface area (Å²) in [6.07, 6.45) is 0. The van der Waals surface area contributed by atoms with E-state index in [0.29, 0.717) is 0 Å². The third kappa shape index (κ3) is 5.05. The summed E-state index contributed by atoms with van der Waals surface area (Å²) in [5.41, 5.74) is 0. The van der Waals surface area contributed by atoms with Gasteiger partial charge in [-0.1, -0.05) is 29.8 Å². The molecule has 0 heterocycles. The largest absolute Gasteiger partial charge is 0.267 e. The Kier molecular flexibility index (Phi) is 5.38. The van der Waals surface area contributed by atoms with Crippen LogP contribution in [0.4, 0.5) is 0 Å². The molecule has 0 saturated carbocycles. The van der Waals surface area contributed by atoms with Gasteiger partial charge in [-0.2, -0.15) is 0 Å². The van der Waals surface area contributed by atoms with E-state index < -0.39 is 0 Å². The Balaban J connectivity index is 0.000000236. The van der Waals surface area contributed by atoms with Gasteiger partial charge in [0, 0.05) is 10.4 Å². The van der Waals surface area contributed by atoms with Gasteiger partial charge >= 0.3 is 0 Å². The first-order chi connectivity index (χ1) is 4.81. The van der Waals surface area contributed by atoms with Crippen molar-refractivity contribution < 1.29 is 5.34 Å². The predicted molar refractivity (Wildman–Crippen MR) is 39.1 cm³/mol. The van der Waals surface area contributed by atoms with Crippen molar-refractivity contribution in [1.82, 2.24) is 0 Å². The van der Waals surface area contributed by atoms with Gasteiger partial charge < -0.3 is 0 Å². The van der Waals surface area contributed by atoms with Gasteiger partial charge in [0.15, 0.2) is 0 Å². The SMILES string of the molecule is Clc1ccccc1.O=[NH+][O-]. The quantitative estimate of drug-likeness (QED) is 0.447. The summed E-state index contributed by atoms with van der Waals surface area (Å²) in [6, 6.07) is 9.44. The standard InChI is InChI=1S/C6H5Cl.HNO2/c7-6-4-2-1-3-5-6;2-1-3/h1-5H;1H. The summed E-state index contributed by atoms with van der Waals surface area (Å²) in [4.78, 5) is 8.12. The van der Waals surface area contributed by atoms with Gasteiger partial charge in [-0.05, 0) is 12.1 Å². The van der Waals surface area contributed by atoms with Crippen molar-refractivity contribution in [2.45, 2.75) is 0 Å². The van der Waals surface area contributed by atoms with Gasteiger partial charge in [-0.15, -0.1) is 0 Å². The van der Waals surface area contributed by atoms with Crippen molar-refractivity contribution in [1.29, 1.82) is 0 Å². The van der Waals surface area contributed by atoms with Crippen molar-refractivity contribution in [3.8, 4) is 0 Å². The van der Waals surface area contributed by atoms with Crippen LogP contribution in [0, 0.1) is 10.1 Å². The van der Waals surface area contributed by atoms with E-state index in [1.807, 2.05) is 30.3 Å². The monoisotopic (exact) mass is 159 g/mol. The normalized spacial score (nSPS) is 7.30. The summed E-state index contributed by atoms with van der Waals surface area (Å²) < 4.78 is 0. The minimum Gasteiger partial charge on any atom is -0.267 e. The van der Waals surface area contributed by atoms with Crippen LogP contribution in [0.15, 0.2) is 30.3 Å². The number of rotatable bonds is 0. The van der Waals surface area contributed by atoms with Crippen LogP contribution in [0.1, 0.15) is 0 Å². The fraction of sp³-hybridized carbons (Fsp3) is 0. The minimum absolute atomic E-state index is 0.250. The molecule has 0 spiro atoms. The lowest BCUT2D eigenvalue weighted by Crippen LogP contribution is -2.53. The molecule has 0 aromatic heterocycles. The van der Waals surface area contributed by atoms with E-state index in [1.54, 1.807) is 0 Å². The van der Waals surface area contributed by atoms with Crippen LogP contribution in [-0.4, -0.2) is 0 Å². The number of benzene rings is 1. The Morgan fingerprint density at radius 1 is 1.30 bits per heavy atom. The van der Waals surface area contributed by atoms with Gasteiger partial charge in [0.25, 0.3) is 0 Å². The zero-order valence-electron chi connectivity index (χ0n) is 5.08. The Labute approximate surface area is 63.2 Å². The Morgan fingerprint density at radius 3 is 1.90 bits per heavy atom. The smallest absolute Gasteiger partial charge is 0.0405 e. The highest BCUT2D eigenvalue weighted by Crippen LogP contribution is 2.03. The third-order valence-corrected chi connectivity index (χ3v) is 0.985. The fourth-order valence-corrected chi connectivity index (χ4v) is 0.560. The zero-order valence-corrected chi connectivity index (χ0v) is 5.84. The van der Waals surface area contributed by atoms with E-state index in [2.05, 4.69) is 0 Å². The van der Waals surface area contributed by atoms with Crippen molar-refractivity contribution >= 4 is 11.6 Å². The molecule has 0 aliphatic carbocycles. The Bertz CT molecular complexity index is 178. The summed E-state index contributed by atoms with van der Waals surface area (Å²) in [5.74, 6) is 0. The van der Waals surface area contributed by atoms with E-state index in [0.717, 1.165) is 5.02 Å². The van der Waals surface area contributed by atoms with Gasteiger partial charge in [-0.25, -0.2) is 0 Å². The molecule has 4 heteroatoms. The molecule has 0 radical (unpaired) electrons. The van der Waals surface area contributed by atoms with E-state index in [9.17, 15) is 0 Å². The minimum atomic E-state index is 0.250. The first-order valence-electron chi connectivity index (χ1n) is 2.51. The molecule has 0 fully saturated rings. The van der Waals surface area contributed by atoms with Crippen LogP contribution in [0.5, 0.6) is 0 Å². The maximum Gasteiger partial charge on any atom is 0.0405 e. The summed E-state index contributed by atoms with van der Waals surface area (Å²) >= 11 is 5.54. The molecule has 0 amide bonds. The Hall–Kier alpha value is -1.09. The molecule has 0 saturated heterocycles. The summed E-state index contributed by atoms with van der Waals surface area (Å²) in [5, 5.41) is 9.17. The molecular formula is C6H6ClNO2. The molecule has 1 aromatic carbocycles. The van der Waals surface area contributed by atoms with Crippen LogP contribution in [0.25, 0.3) is 0 Å². The molecule has 10 heavy (non-hydrogen) atoms. The lowest BCUT2D eigenvalue weighted by molar-refractivity contribution is -0.398. The molecule has 0 aliphatic rings. The summed E-state index contributed by atoms with van der Waals surface area (Å²) in [7, 11) is 0. The molecule has 3 nitrogen and oxygen atoms in total. The number of hydrogen-bond acceptors (Lipinski definition) is 2. The van der Waals surface area contributed by atoms with Gasteiger partial charge in [0.1, 0.15) is 0 Å². The van der Waals surface area contributed by atoms with Gasteiger partial charge in [-0.3, -0.25) is 10.1 Å². The Morgan fingerprint density at radius 2 is 1.70 bits per heavy atom. The molecule has 1 N–H and O–H groups in total. The molecule has 1 aromatic rings. The number of hydrogen-bond donors (Lipinski definition) is 1. The molecular weight excluding hydrogens is 154 g/mol. The maximum absolute atomic E-state index is 8.12. The van der Waals surface area contributed by atoms with E-state index >= 15 is 0 Å². The lowest BCUT2D eigenvalue weighted by atomic mass is 10.4. The molecule has 0 atom stereocenters. The molecule has 0 bridgehead atoms. The topological polar surface area (TPSA) is 54.1 Å². The average Bonchev–Trinajstić information content (AvgIpc) is 1.91.